The van der Waals surface area contributed by atoms with Crippen LogP contribution in [0.2, 0.25) is 0 Å². The molecule has 0 spiro atoms. The highest BCUT2D eigenvalue weighted by atomic mass is 32.1. The van der Waals surface area contributed by atoms with Crippen molar-refractivity contribution in [1.82, 2.24) is 10.9 Å². The minimum atomic E-state index is -0.736. The maximum atomic E-state index is 12.7. The van der Waals surface area contributed by atoms with Crippen molar-refractivity contribution in [1.29, 1.82) is 0 Å². The highest BCUT2D eigenvalue weighted by molar-refractivity contribution is 7.80. The van der Waals surface area contributed by atoms with Gasteiger partial charge in [0.05, 0.1) is 5.56 Å². The summed E-state index contributed by atoms with van der Waals surface area (Å²) in [6.07, 6.45) is 0. The normalized spacial score (nSPS) is 9.40. The average molecular weight is 229 g/mol. The van der Waals surface area contributed by atoms with E-state index in [1.807, 2.05) is 0 Å². The number of hydrogen-bond acceptors (Lipinski definition) is 3. The van der Waals surface area contributed by atoms with Gasteiger partial charge in [-0.25, -0.2) is 4.39 Å². The fourth-order valence-corrected chi connectivity index (χ4v) is 0.927. The highest BCUT2D eigenvalue weighted by Crippen LogP contribution is 2.17. The first-order valence-electron chi connectivity index (χ1n) is 3.85. The lowest BCUT2D eigenvalue weighted by Crippen LogP contribution is -2.44. The number of rotatable bonds is 1. The molecule has 0 saturated carbocycles. The van der Waals surface area contributed by atoms with Crippen LogP contribution in [0.15, 0.2) is 18.2 Å². The summed E-state index contributed by atoms with van der Waals surface area (Å²) in [5, 5.41) is 9.11. The molecule has 0 radical (unpaired) electrons. The van der Waals surface area contributed by atoms with E-state index in [0.29, 0.717) is 0 Å². The van der Waals surface area contributed by atoms with E-state index in [0.717, 1.165) is 18.2 Å². The van der Waals surface area contributed by atoms with Gasteiger partial charge in [-0.05, 0) is 30.4 Å². The van der Waals surface area contributed by atoms with Crippen molar-refractivity contribution in [2.45, 2.75) is 0 Å². The summed E-state index contributed by atoms with van der Waals surface area (Å²) in [5.74, 6) is -1.70. The van der Waals surface area contributed by atoms with Gasteiger partial charge in [0.25, 0.3) is 5.91 Å². The minimum Gasteiger partial charge on any atom is -0.507 e. The molecule has 0 aliphatic carbocycles. The number of carbonyl (C=O) groups excluding carboxylic acids is 1. The molecule has 80 valence electrons. The van der Waals surface area contributed by atoms with Crippen molar-refractivity contribution >= 4 is 23.2 Å². The van der Waals surface area contributed by atoms with Gasteiger partial charge < -0.3 is 10.8 Å². The molecule has 0 aliphatic heterocycles. The van der Waals surface area contributed by atoms with Gasteiger partial charge in [0.15, 0.2) is 5.11 Å². The first kappa shape index (κ1) is 11.2. The Morgan fingerprint density at radius 2 is 2.13 bits per heavy atom. The third-order valence-corrected chi connectivity index (χ3v) is 1.60. The Bertz CT molecular complexity index is 411. The molecule has 0 bridgehead atoms. The minimum absolute atomic E-state index is 0.140. The van der Waals surface area contributed by atoms with E-state index in [-0.39, 0.29) is 16.4 Å². The van der Waals surface area contributed by atoms with E-state index in [1.54, 1.807) is 0 Å². The van der Waals surface area contributed by atoms with Gasteiger partial charge in [-0.3, -0.25) is 15.6 Å². The highest BCUT2D eigenvalue weighted by Gasteiger charge is 2.11. The van der Waals surface area contributed by atoms with Crippen LogP contribution in [0.25, 0.3) is 0 Å². The van der Waals surface area contributed by atoms with Gasteiger partial charge in [-0.2, -0.15) is 0 Å². The zero-order valence-electron chi connectivity index (χ0n) is 7.45. The van der Waals surface area contributed by atoms with Crippen LogP contribution in [-0.2, 0) is 0 Å². The summed E-state index contributed by atoms with van der Waals surface area (Å²) in [6.45, 7) is 0. The second kappa shape index (κ2) is 4.56. The number of benzene rings is 1. The SMILES string of the molecule is NC(=S)NNC(=O)c1cc(F)ccc1O. The number of halogens is 1. The fourth-order valence-electron chi connectivity index (χ4n) is 0.876. The number of thiocarbonyl (C=S) groups is 1. The van der Waals surface area contributed by atoms with Crippen molar-refractivity contribution in [3.63, 3.8) is 0 Å². The Balaban J connectivity index is 2.81. The number of carbonyl (C=O) groups is 1. The molecular weight excluding hydrogens is 221 g/mol. The molecule has 0 aromatic heterocycles. The Morgan fingerprint density at radius 1 is 1.47 bits per heavy atom. The number of nitrogens with two attached hydrogens (primary N) is 1. The third-order valence-electron chi connectivity index (χ3n) is 1.50. The maximum absolute atomic E-state index is 12.7. The monoisotopic (exact) mass is 229 g/mol. The molecular formula is C8H8FN3O2S. The van der Waals surface area contributed by atoms with Crippen molar-refractivity contribution in [3.8, 4) is 5.75 Å². The van der Waals surface area contributed by atoms with Gasteiger partial charge in [0.1, 0.15) is 11.6 Å². The van der Waals surface area contributed by atoms with Crippen molar-refractivity contribution in [2.24, 2.45) is 5.73 Å². The fraction of sp³-hybridized carbons (Fsp3) is 0. The standard InChI is InChI=1S/C8H8FN3O2S/c9-4-1-2-6(13)5(3-4)7(14)11-12-8(10)15/h1-3,13H,(H,11,14)(H3,10,12,15). The summed E-state index contributed by atoms with van der Waals surface area (Å²) < 4.78 is 12.7. The van der Waals surface area contributed by atoms with Crippen LogP contribution in [0.4, 0.5) is 4.39 Å². The molecule has 0 aliphatic rings. The molecule has 15 heavy (non-hydrogen) atoms. The Kier molecular flexibility index (Phi) is 3.40. The molecule has 0 unspecified atom stereocenters. The molecule has 7 heteroatoms. The van der Waals surface area contributed by atoms with E-state index in [1.165, 1.54) is 0 Å². The molecule has 0 heterocycles. The zero-order chi connectivity index (χ0) is 11.4. The second-order valence-electron chi connectivity index (χ2n) is 2.60. The zero-order valence-corrected chi connectivity index (χ0v) is 8.27. The van der Waals surface area contributed by atoms with Crippen LogP contribution in [-0.4, -0.2) is 16.1 Å². The molecule has 0 atom stereocenters. The van der Waals surface area contributed by atoms with Crippen molar-refractivity contribution in [3.05, 3.63) is 29.6 Å². The van der Waals surface area contributed by atoms with Gasteiger partial charge in [0.2, 0.25) is 0 Å². The maximum Gasteiger partial charge on any atom is 0.273 e. The summed E-state index contributed by atoms with van der Waals surface area (Å²) in [6, 6.07) is 3.00. The van der Waals surface area contributed by atoms with E-state index in [9.17, 15) is 14.3 Å². The van der Waals surface area contributed by atoms with E-state index in [4.69, 9.17) is 5.73 Å². The lowest BCUT2D eigenvalue weighted by atomic mass is 10.2. The summed E-state index contributed by atoms with van der Waals surface area (Å²) >= 11 is 4.44. The number of phenolic OH excluding ortho intramolecular Hbond substituents is 1. The molecule has 0 fully saturated rings. The summed E-state index contributed by atoms with van der Waals surface area (Å²) in [5.41, 5.74) is 9.10. The average Bonchev–Trinajstić information content (AvgIpc) is 2.18. The van der Waals surface area contributed by atoms with Crippen LogP contribution in [0, 0.1) is 5.82 Å². The Hall–Kier alpha value is -1.89. The van der Waals surface area contributed by atoms with E-state index < -0.39 is 11.7 Å². The number of nitrogens with one attached hydrogen (secondary N) is 2. The van der Waals surface area contributed by atoms with Gasteiger partial charge in [0, 0.05) is 0 Å². The van der Waals surface area contributed by atoms with Crippen LogP contribution < -0.4 is 16.6 Å². The molecule has 1 aromatic rings. The first-order chi connectivity index (χ1) is 7.00. The first-order valence-corrected chi connectivity index (χ1v) is 4.26. The largest absolute Gasteiger partial charge is 0.507 e. The van der Waals surface area contributed by atoms with Crippen LogP contribution in [0.3, 0.4) is 0 Å². The van der Waals surface area contributed by atoms with Gasteiger partial charge in [-0.15, -0.1) is 0 Å². The van der Waals surface area contributed by atoms with Crippen molar-refractivity contribution in [2.75, 3.05) is 0 Å². The molecule has 5 N–H and O–H groups in total. The summed E-state index contributed by atoms with van der Waals surface area (Å²) in [4.78, 5) is 11.3. The molecule has 1 rings (SSSR count). The Labute approximate surface area is 90.1 Å². The second-order valence-corrected chi connectivity index (χ2v) is 3.04. The number of phenols is 1. The van der Waals surface area contributed by atoms with Gasteiger partial charge >= 0.3 is 0 Å². The van der Waals surface area contributed by atoms with Gasteiger partial charge in [-0.1, -0.05) is 0 Å². The summed E-state index contributed by atoms with van der Waals surface area (Å²) in [7, 11) is 0. The number of hydrogen-bond donors (Lipinski definition) is 4. The van der Waals surface area contributed by atoms with Crippen molar-refractivity contribution < 1.29 is 14.3 Å². The molecule has 1 amide bonds. The lowest BCUT2D eigenvalue weighted by molar-refractivity contribution is 0.0941. The molecule has 5 nitrogen and oxygen atoms in total. The number of aromatic hydroxyl groups is 1. The lowest BCUT2D eigenvalue weighted by Gasteiger charge is -2.07. The predicted molar refractivity (Wildman–Crippen MR) is 55.5 cm³/mol. The van der Waals surface area contributed by atoms with E-state index >= 15 is 0 Å². The smallest absolute Gasteiger partial charge is 0.273 e. The van der Waals surface area contributed by atoms with E-state index in [2.05, 4.69) is 23.1 Å². The number of hydrazine groups is 1. The van der Waals surface area contributed by atoms with Crippen LogP contribution in [0.1, 0.15) is 10.4 Å². The third kappa shape index (κ3) is 3.06. The predicted octanol–water partition coefficient (Wildman–Crippen LogP) is 0.00930. The molecule has 0 saturated heterocycles. The Morgan fingerprint density at radius 3 is 2.73 bits per heavy atom. The quantitative estimate of drug-likeness (QED) is 0.402. The molecule has 1 aromatic carbocycles. The topological polar surface area (TPSA) is 87.4 Å². The van der Waals surface area contributed by atoms with Crippen LogP contribution in [0.5, 0.6) is 5.75 Å². The van der Waals surface area contributed by atoms with Crippen LogP contribution >= 0.6 is 12.2 Å². The number of amides is 1.